The number of guanidine groups is 1. The molecule has 0 aliphatic heterocycles. The molecule has 0 aliphatic rings. The molecule has 0 spiro atoms. The van der Waals surface area contributed by atoms with Crippen molar-refractivity contribution in [2.75, 3.05) is 13.6 Å². The van der Waals surface area contributed by atoms with Gasteiger partial charge in [-0.1, -0.05) is 24.3 Å². The summed E-state index contributed by atoms with van der Waals surface area (Å²) < 4.78 is 2.14. The maximum atomic E-state index is 4.83. The number of nitrogens with one attached hydrogen (secondary N) is 1. The van der Waals surface area contributed by atoms with Gasteiger partial charge in [0.15, 0.2) is 5.96 Å². The second-order valence-electron chi connectivity index (χ2n) is 6.55. The van der Waals surface area contributed by atoms with Crippen LogP contribution in [0.15, 0.2) is 72.0 Å². The van der Waals surface area contributed by atoms with Crippen LogP contribution in [-0.2, 0) is 20.1 Å². The molecule has 148 valence electrons. The van der Waals surface area contributed by atoms with E-state index in [0.717, 1.165) is 30.3 Å². The van der Waals surface area contributed by atoms with E-state index in [9.17, 15) is 0 Å². The molecule has 0 aliphatic carbocycles. The highest BCUT2D eigenvalue weighted by Gasteiger charge is 2.08. The van der Waals surface area contributed by atoms with Crippen LogP contribution < -0.4 is 5.32 Å². The molecular weight excluding hydrogens is 461 g/mol. The highest BCUT2D eigenvalue weighted by atomic mass is 127. The largest absolute Gasteiger partial charge is 0.357 e. The average Bonchev–Trinajstić information content (AvgIpc) is 3.10. The zero-order valence-corrected chi connectivity index (χ0v) is 19.0. The third kappa shape index (κ3) is 5.82. The fourth-order valence-corrected chi connectivity index (χ4v) is 2.98. The van der Waals surface area contributed by atoms with Gasteiger partial charge in [-0.05, 0) is 42.8 Å². The number of hydrogen-bond donors (Lipinski definition) is 1. The third-order valence-electron chi connectivity index (χ3n) is 4.45. The predicted octanol–water partition coefficient (Wildman–Crippen LogP) is 4.30. The summed E-state index contributed by atoms with van der Waals surface area (Å²) in [4.78, 5) is 11.4. The topological polar surface area (TPSA) is 45.5 Å². The normalized spacial score (nSPS) is 11.0. The zero-order valence-electron chi connectivity index (χ0n) is 16.7. The van der Waals surface area contributed by atoms with Gasteiger partial charge in [-0.15, -0.1) is 24.0 Å². The number of benzene rings is 1. The second kappa shape index (κ2) is 10.8. The van der Waals surface area contributed by atoms with E-state index >= 15 is 0 Å². The maximum absolute atomic E-state index is 4.83. The minimum Gasteiger partial charge on any atom is -0.357 e. The van der Waals surface area contributed by atoms with E-state index < -0.39 is 0 Å². The number of nitrogens with zero attached hydrogens (tertiary/aromatic N) is 4. The summed E-state index contributed by atoms with van der Waals surface area (Å²) in [6, 6.07) is 18.6. The Morgan fingerprint density at radius 2 is 2.00 bits per heavy atom. The number of aromatic nitrogens is 2. The molecule has 28 heavy (non-hydrogen) atoms. The van der Waals surface area contributed by atoms with Crippen molar-refractivity contribution < 1.29 is 0 Å². The van der Waals surface area contributed by atoms with Gasteiger partial charge in [0.2, 0.25) is 0 Å². The molecule has 0 saturated carbocycles. The van der Waals surface area contributed by atoms with Crippen LogP contribution >= 0.6 is 24.0 Å². The van der Waals surface area contributed by atoms with Gasteiger partial charge in [-0.3, -0.25) is 4.98 Å². The zero-order chi connectivity index (χ0) is 19.1. The van der Waals surface area contributed by atoms with Crippen molar-refractivity contribution >= 4 is 29.9 Å². The van der Waals surface area contributed by atoms with E-state index in [4.69, 9.17) is 4.99 Å². The van der Waals surface area contributed by atoms with Crippen LogP contribution in [0, 0.1) is 0 Å². The molecule has 5 nitrogen and oxygen atoms in total. The lowest BCUT2D eigenvalue weighted by Crippen LogP contribution is -2.38. The Morgan fingerprint density at radius 3 is 2.68 bits per heavy atom. The van der Waals surface area contributed by atoms with Gasteiger partial charge in [-0.25, -0.2) is 4.99 Å². The van der Waals surface area contributed by atoms with Crippen LogP contribution in [0.5, 0.6) is 0 Å². The Bertz CT molecular complexity index is 889. The standard InChI is InChI=1S/C22H27N5.HI/c1-4-23-22(27(3)17-20-11-8-14-26(20)2)25-16-18-9-7-10-19(15-18)21-12-5-6-13-24-21;/h5-15H,4,16-17H2,1-3H3,(H,23,25);1H. The monoisotopic (exact) mass is 489 g/mol. The van der Waals surface area contributed by atoms with Gasteiger partial charge >= 0.3 is 0 Å². The third-order valence-corrected chi connectivity index (χ3v) is 4.45. The molecule has 0 bridgehead atoms. The van der Waals surface area contributed by atoms with Gasteiger partial charge in [0.05, 0.1) is 18.8 Å². The van der Waals surface area contributed by atoms with Crippen LogP contribution in [-0.4, -0.2) is 34.0 Å². The van der Waals surface area contributed by atoms with Crippen LogP contribution in [0.25, 0.3) is 11.3 Å². The minimum absolute atomic E-state index is 0. The Balaban J connectivity index is 0.00000280. The Morgan fingerprint density at radius 1 is 1.14 bits per heavy atom. The van der Waals surface area contributed by atoms with Crippen molar-refractivity contribution in [3.05, 3.63) is 78.2 Å². The molecular formula is C22H28IN5. The molecule has 6 heteroatoms. The Hall–Kier alpha value is -2.35. The molecule has 0 saturated heterocycles. The van der Waals surface area contributed by atoms with Crippen molar-refractivity contribution in [2.24, 2.45) is 12.0 Å². The van der Waals surface area contributed by atoms with Crippen LogP contribution in [0.4, 0.5) is 0 Å². The molecule has 0 radical (unpaired) electrons. The summed E-state index contributed by atoms with van der Waals surface area (Å²) in [7, 11) is 4.13. The van der Waals surface area contributed by atoms with Gasteiger partial charge in [0.25, 0.3) is 0 Å². The molecule has 0 unspecified atom stereocenters. The van der Waals surface area contributed by atoms with Crippen LogP contribution in [0.3, 0.4) is 0 Å². The summed E-state index contributed by atoms with van der Waals surface area (Å²) in [6.07, 6.45) is 3.89. The second-order valence-corrected chi connectivity index (χ2v) is 6.55. The van der Waals surface area contributed by atoms with E-state index in [2.05, 4.69) is 83.4 Å². The lowest BCUT2D eigenvalue weighted by molar-refractivity contribution is 0.462. The van der Waals surface area contributed by atoms with Crippen molar-refractivity contribution in [2.45, 2.75) is 20.0 Å². The van der Waals surface area contributed by atoms with E-state index in [1.165, 1.54) is 11.3 Å². The molecule has 1 aromatic carbocycles. The molecule has 3 rings (SSSR count). The van der Waals surface area contributed by atoms with Gasteiger partial charge in [-0.2, -0.15) is 0 Å². The van der Waals surface area contributed by atoms with E-state index in [1.54, 1.807) is 0 Å². The number of rotatable bonds is 6. The number of pyridine rings is 1. The molecule has 3 aromatic rings. The molecule has 0 atom stereocenters. The number of aryl methyl sites for hydroxylation is 1. The smallest absolute Gasteiger partial charge is 0.194 e. The molecule has 2 aromatic heterocycles. The first-order valence-corrected chi connectivity index (χ1v) is 9.27. The minimum atomic E-state index is 0. The quantitative estimate of drug-likeness (QED) is 0.319. The van der Waals surface area contributed by atoms with Crippen molar-refractivity contribution in [3.63, 3.8) is 0 Å². The summed E-state index contributed by atoms with van der Waals surface area (Å²) in [5, 5.41) is 3.39. The van der Waals surface area contributed by atoms with E-state index in [1.807, 2.05) is 24.4 Å². The highest BCUT2D eigenvalue weighted by molar-refractivity contribution is 14.0. The first kappa shape index (κ1) is 21.9. The van der Waals surface area contributed by atoms with Crippen molar-refractivity contribution in [1.29, 1.82) is 0 Å². The maximum Gasteiger partial charge on any atom is 0.194 e. The number of aliphatic imine (C=N–C) groups is 1. The number of halogens is 1. The summed E-state index contributed by atoms with van der Waals surface area (Å²) >= 11 is 0. The van der Waals surface area contributed by atoms with Crippen molar-refractivity contribution in [3.8, 4) is 11.3 Å². The van der Waals surface area contributed by atoms with Crippen LogP contribution in [0.2, 0.25) is 0 Å². The lowest BCUT2D eigenvalue weighted by atomic mass is 10.1. The molecule has 2 heterocycles. The lowest BCUT2D eigenvalue weighted by Gasteiger charge is -2.22. The highest BCUT2D eigenvalue weighted by Crippen LogP contribution is 2.18. The number of hydrogen-bond acceptors (Lipinski definition) is 2. The molecule has 1 N–H and O–H groups in total. The summed E-state index contributed by atoms with van der Waals surface area (Å²) in [5.41, 5.74) is 4.52. The predicted molar refractivity (Wildman–Crippen MR) is 127 cm³/mol. The summed E-state index contributed by atoms with van der Waals surface area (Å²) in [6.45, 7) is 4.36. The molecule has 0 fully saturated rings. The van der Waals surface area contributed by atoms with Gasteiger partial charge in [0.1, 0.15) is 0 Å². The van der Waals surface area contributed by atoms with Gasteiger partial charge < -0.3 is 14.8 Å². The van der Waals surface area contributed by atoms with Crippen molar-refractivity contribution in [1.82, 2.24) is 19.8 Å². The van der Waals surface area contributed by atoms with E-state index in [0.29, 0.717) is 6.54 Å². The first-order chi connectivity index (χ1) is 13.2. The van der Waals surface area contributed by atoms with E-state index in [-0.39, 0.29) is 24.0 Å². The average molecular weight is 489 g/mol. The summed E-state index contributed by atoms with van der Waals surface area (Å²) in [5.74, 6) is 0.905. The first-order valence-electron chi connectivity index (χ1n) is 9.27. The SMILES string of the molecule is CCNC(=NCc1cccc(-c2ccccn2)c1)N(C)Cc1cccn1C.I. The van der Waals surface area contributed by atoms with Gasteiger partial charge in [0, 0.05) is 44.3 Å². The Kier molecular flexibility index (Phi) is 8.50. The van der Waals surface area contributed by atoms with Crippen LogP contribution in [0.1, 0.15) is 18.2 Å². The fraction of sp³-hybridized carbons (Fsp3) is 0.273. The molecule has 0 amide bonds. The fourth-order valence-electron chi connectivity index (χ4n) is 2.98. The Labute approximate surface area is 184 Å².